The first-order valence-corrected chi connectivity index (χ1v) is 5.00. The predicted molar refractivity (Wildman–Crippen MR) is 55.6 cm³/mol. The molecule has 0 radical (unpaired) electrons. The van der Waals surface area contributed by atoms with Crippen LogP contribution in [-0.2, 0) is 6.54 Å². The van der Waals surface area contributed by atoms with Crippen molar-refractivity contribution in [2.24, 2.45) is 0 Å². The Balaban J connectivity index is 2.55. The van der Waals surface area contributed by atoms with E-state index in [0.717, 1.165) is 24.7 Å². The fourth-order valence-electron chi connectivity index (χ4n) is 1.72. The Kier molecular flexibility index (Phi) is 2.42. The molecule has 0 saturated heterocycles. The lowest BCUT2D eigenvalue weighted by Crippen LogP contribution is -2.16. The average Bonchev–Trinajstić information content (AvgIpc) is 2.39. The summed E-state index contributed by atoms with van der Waals surface area (Å²) < 4.78 is 5.59. The van der Waals surface area contributed by atoms with Gasteiger partial charge in [0.05, 0.1) is 0 Å². The topological polar surface area (TPSA) is 34.2 Å². The molecule has 0 amide bonds. The maximum absolute atomic E-state index is 5.59. The highest BCUT2D eigenvalue weighted by atomic mass is 16.5. The van der Waals surface area contributed by atoms with Crippen LogP contribution in [0, 0.1) is 20.8 Å². The number of aromatic nitrogens is 1. The number of hydrogen-bond donors (Lipinski definition) is 1. The second kappa shape index (κ2) is 3.58. The lowest BCUT2D eigenvalue weighted by atomic mass is 10.0. The van der Waals surface area contributed by atoms with E-state index in [0.29, 0.717) is 6.61 Å². The van der Waals surface area contributed by atoms with Gasteiger partial charge in [0.25, 0.3) is 0 Å². The molecule has 0 spiro atoms. The van der Waals surface area contributed by atoms with Crippen molar-refractivity contribution in [1.29, 1.82) is 0 Å². The van der Waals surface area contributed by atoms with Crippen molar-refractivity contribution in [1.82, 2.24) is 10.3 Å². The molecule has 0 aliphatic carbocycles. The van der Waals surface area contributed by atoms with Gasteiger partial charge in [-0.3, -0.25) is 0 Å². The largest absolute Gasteiger partial charge is 0.476 e. The number of rotatable bonds is 0. The highest BCUT2D eigenvalue weighted by Gasteiger charge is 2.15. The number of hydrogen-bond acceptors (Lipinski definition) is 3. The van der Waals surface area contributed by atoms with Crippen LogP contribution in [0.4, 0.5) is 0 Å². The van der Waals surface area contributed by atoms with E-state index in [2.05, 4.69) is 24.1 Å². The van der Waals surface area contributed by atoms with Gasteiger partial charge in [0.15, 0.2) is 0 Å². The van der Waals surface area contributed by atoms with Gasteiger partial charge in [-0.25, -0.2) is 4.98 Å². The van der Waals surface area contributed by atoms with Crippen LogP contribution in [-0.4, -0.2) is 18.1 Å². The van der Waals surface area contributed by atoms with Crippen LogP contribution in [0.15, 0.2) is 0 Å². The van der Waals surface area contributed by atoms with Gasteiger partial charge in [0, 0.05) is 24.3 Å². The van der Waals surface area contributed by atoms with Gasteiger partial charge < -0.3 is 10.1 Å². The normalized spacial score (nSPS) is 15.6. The average molecular weight is 192 g/mol. The predicted octanol–water partition coefficient (Wildman–Crippen LogP) is 1.49. The van der Waals surface area contributed by atoms with Crippen LogP contribution in [0.25, 0.3) is 0 Å². The molecule has 76 valence electrons. The number of pyridine rings is 1. The molecule has 2 rings (SSSR count). The molecule has 1 N–H and O–H groups in total. The fourth-order valence-corrected chi connectivity index (χ4v) is 1.72. The van der Waals surface area contributed by atoms with Crippen molar-refractivity contribution in [2.75, 3.05) is 13.2 Å². The SMILES string of the molecule is Cc1nc2c(c(C)c1C)CNCCO2. The Bertz CT molecular complexity index is 361. The van der Waals surface area contributed by atoms with E-state index in [1.165, 1.54) is 16.7 Å². The maximum atomic E-state index is 5.59. The van der Waals surface area contributed by atoms with E-state index in [1.54, 1.807) is 0 Å². The lowest BCUT2D eigenvalue weighted by Gasteiger charge is -2.12. The number of fused-ring (bicyclic) bond motifs is 1. The molecule has 0 fully saturated rings. The molecule has 3 nitrogen and oxygen atoms in total. The van der Waals surface area contributed by atoms with Crippen LogP contribution in [0.3, 0.4) is 0 Å². The van der Waals surface area contributed by atoms with Gasteiger partial charge in [0.1, 0.15) is 6.61 Å². The zero-order chi connectivity index (χ0) is 10.1. The molecule has 0 aromatic carbocycles. The molecule has 0 atom stereocenters. The van der Waals surface area contributed by atoms with E-state index in [1.807, 2.05) is 6.92 Å². The van der Waals surface area contributed by atoms with E-state index in [9.17, 15) is 0 Å². The zero-order valence-electron chi connectivity index (χ0n) is 8.98. The summed E-state index contributed by atoms with van der Waals surface area (Å²) in [4.78, 5) is 4.47. The summed E-state index contributed by atoms with van der Waals surface area (Å²) in [6.07, 6.45) is 0. The van der Waals surface area contributed by atoms with Gasteiger partial charge >= 0.3 is 0 Å². The first-order chi connectivity index (χ1) is 6.70. The molecule has 2 heterocycles. The van der Waals surface area contributed by atoms with E-state index in [4.69, 9.17) is 4.74 Å². The highest BCUT2D eigenvalue weighted by Crippen LogP contribution is 2.25. The smallest absolute Gasteiger partial charge is 0.218 e. The monoisotopic (exact) mass is 192 g/mol. The minimum absolute atomic E-state index is 0.710. The fraction of sp³-hybridized carbons (Fsp3) is 0.545. The zero-order valence-corrected chi connectivity index (χ0v) is 8.98. The molecule has 0 bridgehead atoms. The minimum atomic E-state index is 0.710. The number of nitrogens with one attached hydrogen (secondary N) is 1. The van der Waals surface area contributed by atoms with Gasteiger partial charge in [-0.2, -0.15) is 0 Å². The summed E-state index contributed by atoms with van der Waals surface area (Å²) in [7, 11) is 0. The quantitative estimate of drug-likeness (QED) is 0.676. The summed E-state index contributed by atoms with van der Waals surface area (Å²) in [5.74, 6) is 0.815. The molecular formula is C11H16N2O. The van der Waals surface area contributed by atoms with Gasteiger partial charge in [-0.1, -0.05) is 0 Å². The number of nitrogens with zero attached hydrogens (tertiary/aromatic N) is 1. The van der Waals surface area contributed by atoms with Crippen molar-refractivity contribution in [3.63, 3.8) is 0 Å². The summed E-state index contributed by atoms with van der Waals surface area (Å²) >= 11 is 0. The van der Waals surface area contributed by atoms with Gasteiger partial charge in [-0.05, 0) is 31.9 Å². The first kappa shape index (κ1) is 9.46. The minimum Gasteiger partial charge on any atom is -0.476 e. The summed E-state index contributed by atoms with van der Waals surface area (Å²) in [6.45, 7) is 8.76. The standard InChI is InChI=1S/C11H16N2O/c1-7-8(2)10-6-12-4-5-14-11(10)13-9(7)3/h12H,4-6H2,1-3H3. The molecule has 1 aliphatic rings. The molecule has 1 aliphatic heterocycles. The third-order valence-corrected chi connectivity index (χ3v) is 2.90. The maximum Gasteiger partial charge on any atom is 0.218 e. The lowest BCUT2D eigenvalue weighted by molar-refractivity contribution is 0.313. The third-order valence-electron chi connectivity index (χ3n) is 2.90. The molecule has 3 heteroatoms. The van der Waals surface area contributed by atoms with Gasteiger partial charge in [0.2, 0.25) is 5.88 Å². The van der Waals surface area contributed by atoms with Crippen molar-refractivity contribution < 1.29 is 4.74 Å². The molecule has 0 unspecified atom stereocenters. The highest BCUT2D eigenvalue weighted by molar-refractivity contribution is 5.42. The van der Waals surface area contributed by atoms with E-state index < -0.39 is 0 Å². The van der Waals surface area contributed by atoms with Crippen LogP contribution in [0.2, 0.25) is 0 Å². The van der Waals surface area contributed by atoms with E-state index >= 15 is 0 Å². The van der Waals surface area contributed by atoms with Crippen molar-refractivity contribution >= 4 is 0 Å². The van der Waals surface area contributed by atoms with Crippen molar-refractivity contribution in [3.8, 4) is 5.88 Å². The van der Waals surface area contributed by atoms with E-state index in [-0.39, 0.29) is 0 Å². The summed E-state index contributed by atoms with van der Waals surface area (Å²) in [5, 5.41) is 3.33. The Hall–Kier alpha value is -1.09. The Labute approximate surface area is 84.5 Å². The number of aryl methyl sites for hydroxylation is 1. The number of ether oxygens (including phenoxy) is 1. The van der Waals surface area contributed by atoms with Crippen molar-refractivity contribution in [3.05, 3.63) is 22.4 Å². The molecule has 1 aromatic rings. The molecule has 0 saturated carbocycles. The van der Waals surface area contributed by atoms with Crippen LogP contribution in [0.1, 0.15) is 22.4 Å². The molecule has 1 aromatic heterocycles. The summed E-state index contributed by atoms with van der Waals surface area (Å²) in [5.41, 5.74) is 4.87. The Morgan fingerprint density at radius 3 is 2.79 bits per heavy atom. The van der Waals surface area contributed by atoms with Gasteiger partial charge in [-0.15, -0.1) is 0 Å². The second-order valence-corrected chi connectivity index (χ2v) is 3.76. The van der Waals surface area contributed by atoms with Crippen molar-refractivity contribution in [2.45, 2.75) is 27.3 Å². The first-order valence-electron chi connectivity index (χ1n) is 5.00. The molecule has 14 heavy (non-hydrogen) atoms. The Morgan fingerprint density at radius 2 is 2.00 bits per heavy atom. The second-order valence-electron chi connectivity index (χ2n) is 3.76. The third kappa shape index (κ3) is 1.48. The summed E-state index contributed by atoms with van der Waals surface area (Å²) in [6, 6.07) is 0. The molecular weight excluding hydrogens is 176 g/mol. The van der Waals surface area contributed by atoms with Crippen LogP contribution >= 0.6 is 0 Å². The van der Waals surface area contributed by atoms with Crippen LogP contribution in [0.5, 0.6) is 5.88 Å². The van der Waals surface area contributed by atoms with Crippen LogP contribution < -0.4 is 10.1 Å². The Morgan fingerprint density at radius 1 is 1.21 bits per heavy atom.